The highest BCUT2D eigenvalue weighted by atomic mass is 16.5. The normalized spacial score (nSPS) is 9.96. The Morgan fingerprint density at radius 3 is 2.42 bits per heavy atom. The molecule has 0 saturated carbocycles. The molecule has 0 aliphatic carbocycles. The van der Waals surface area contributed by atoms with Crippen LogP contribution in [0.2, 0.25) is 0 Å². The number of nitrogens with one attached hydrogen (secondary N) is 2. The number of carbonyl (C=O) groups is 2. The van der Waals surface area contributed by atoms with Crippen molar-refractivity contribution in [2.45, 2.75) is 13.5 Å². The van der Waals surface area contributed by atoms with E-state index in [1.54, 1.807) is 50.7 Å². The minimum Gasteiger partial charge on any atom is -0.481 e. The molecule has 0 atom stereocenters. The number of rotatable bonds is 5. The van der Waals surface area contributed by atoms with Crippen molar-refractivity contribution in [2.24, 2.45) is 0 Å². The van der Waals surface area contributed by atoms with Crippen LogP contribution < -0.4 is 20.3 Å². The molecule has 1 aromatic heterocycles. The summed E-state index contributed by atoms with van der Waals surface area (Å²) in [6.07, 6.45) is 1.64. The average Bonchev–Trinajstić information content (AvgIpc) is 2.60. The molecule has 7 nitrogen and oxygen atoms in total. The maximum absolute atomic E-state index is 11.9. The first-order valence-corrected chi connectivity index (χ1v) is 7.37. The van der Waals surface area contributed by atoms with E-state index in [-0.39, 0.29) is 11.9 Å². The van der Waals surface area contributed by atoms with E-state index in [2.05, 4.69) is 15.6 Å². The maximum Gasteiger partial charge on any atom is 0.319 e. The fraction of sp³-hybridized carbons (Fsp3) is 0.235. The van der Waals surface area contributed by atoms with E-state index >= 15 is 0 Å². The number of amides is 3. The number of carbonyl (C=O) groups excluding carboxylic acids is 2. The quantitative estimate of drug-likeness (QED) is 0.883. The third kappa shape index (κ3) is 4.70. The van der Waals surface area contributed by atoms with Gasteiger partial charge in [-0.2, -0.15) is 0 Å². The standard InChI is InChI=1S/C17H20N4O3/c1-12(22)21(2)15-7-5-14(6-8-15)20-17(23)19-11-13-4-9-16(24-3)18-10-13/h4-10H,11H2,1-3H3,(H2,19,20,23). The third-order valence-corrected chi connectivity index (χ3v) is 3.44. The zero-order valence-corrected chi connectivity index (χ0v) is 13.9. The summed E-state index contributed by atoms with van der Waals surface area (Å²) < 4.78 is 4.98. The fourth-order valence-corrected chi connectivity index (χ4v) is 1.94. The Morgan fingerprint density at radius 2 is 1.88 bits per heavy atom. The molecular formula is C17H20N4O3. The minimum atomic E-state index is -0.321. The Morgan fingerprint density at radius 1 is 1.17 bits per heavy atom. The van der Waals surface area contributed by atoms with E-state index in [0.29, 0.717) is 18.1 Å². The SMILES string of the molecule is COc1ccc(CNC(=O)Nc2ccc(N(C)C(C)=O)cc2)cn1. The van der Waals surface area contributed by atoms with Crippen molar-refractivity contribution in [3.63, 3.8) is 0 Å². The summed E-state index contributed by atoms with van der Waals surface area (Å²) in [7, 11) is 3.24. The van der Waals surface area contributed by atoms with Crippen LogP contribution in [0.3, 0.4) is 0 Å². The molecule has 3 amide bonds. The highest BCUT2D eigenvalue weighted by molar-refractivity contribution is 5.92. The smallest absolute Gasteiger partial charge is 0.319 e. The molecule has 2 rings (SSSR count). The number of ether oxygens (including phenoxy) is 1. The van der Waals surface area contributed by atoms with Gasteiger partial charge in [0.15, 0.2) is 0 Å². The molecule has 0 spiro atoms. The second-order valence-electron chi connectivity index (χ2n) is 5.14. The lowest BCUT2D eigenvalue weighted by atomic mass is 10.2. The number of pyridine rings is 1. The number of aromatic nitrogens is 1. The van der Waals surface area contributed by atoms with Gasteiger partial charge in [0, 0.05) is 44.2 Å². The van der Waals surface area contributed by atoms with Gasteiger partial charge in [-0.3, -0.25) is 4.79 Å². The van der Waals surface area contributed by atoms with Gasteiger partial charge in [0.05, 0.1) is 7.11 Å². The van der Waals surface area contributed by atoms with Crippen LogP contribution in [0.25, 0.3) is 0 Å². The van der Waals surface area contributed by atoms with E-state index in [1.807, 2.05) is 6.07 Å². The number of urea groups is 1. The van der Waals surface area contributed by atoms with Crippen LogP contribution in [-0.4, -0.2) is 31.1 Å². The first-order chi connectivity index (χ1) is 11.5. The molecule has 1 aromatic carbocycles. The zero-order chi connectivity index (χ0) is 17.5. The van der Waals surface area contributed by atoms with Crippen molar-refractivity contribution in [1.29, 1.82) is 0 Å². The first kappa shape index (κ1) is 17.3. The van der Waals surface area contributed by atoms with Crippen molar-refractivity contribution >= 4 is 23.3 Å². The monoisotopic (exact) mass is 328 g/mol. The van der Waals surface area contributed by atoms with Crippen LogP contribution in [0.1, 0.15) is 12.5 Å². The van der Waals surface area contributed by atoms with Crippen LogP contribution in [0.4, 0.5) is 16.2 Å². The summed E-state index contributed by atoms with van der Waals surface area (Å²) in [5.41, 5.74) is 2.27. The molecule has 0 unspecified atom stereocenters. The van der Waals surface area contributed by atoms with Crippen LogP contribution >= 0.6 is 0 Å². The topological polar surface area (TPSA) is 83.6 Å². The van der Waals surface area contributed by atoms with Gasteiger partial charge in [-0.25, -0.2) is 9.78 Å². The number of hydrogen-bond donors (Lipinski definition) is 2. The Hall–Kier alpha value is -3.09. The third-order valence-electron chi connectivity index (χ3n) is 3.44. The molecule has 0 saturated heterocycles. The number of methoxy groups -OCH3 is 1. The van der Waals surface area contributed by atoms with Gasteiger partial charge in [0.1, 0.15) is 0 Å². The van der Waals surface area contributed by atoms with E-state index in [1.165, 1.54) is 11.8 Å². The van der Waals surface area contributed by atoms with Crippen molar-refractivity contribution in [1.82, 2.24) is 10.3 Å². The van der Waals surface area contributed by atoms with Crippen molar-refractivity contribution in [2.75, 3.05) is 24.4 Å². The van der Waals surface area contributed by atoms with Crippen molar-refractivity contribution in [3.8, 4) is 5.88 Å². The lowest BCUT2D eigenvalue weighted by Gasteiger charge is -2.15. The predicted molar refractivity (Wildman–Crippen MR) is 92.2 cm³/mol. The van der Waals surface area contributed by atoms with Crippen LogP contribution in [-0.2, 0) is 11.3 Å². The maximum atomic E-state index is 11.9. The molecule has 2 aromatic rings. The second-order valence-corrected chi connectivity index (χ2v) is 5.14. The summed E-state index contributed by atoms with van der Waals surface area (Å²) in [4.78, 5) is 28.8. The molecule has 0 aliphatic rings. The molecule has 0 aliphatic heterocycles. The van der Waals surface area contributed by atoms with E-state index in [9.17, 15) is 9.59 Å². The van der Waals surface area contributed by atoms with E-state index in [0.717, 1.165) is 11.3 Å². The highest BCUT2D eigenvalue weighted by Gasteiger charge is 2.06. The number of benzene rings is 1. The summed E-state index contributed by atoms with van der Waals surface area (Å²) in [5, 5.41) is 5.48. The summed E-state index contributed by atoms with van der Waals surface area (Å²) >= 11 is 0. The molecule has 0 fully saturated rings. The van der Waals surface area contributed by atoms with Gasteiger partial charge >= 0.3 is 6.03 Å². The molecule has 24 heavy (non-hydrogen) atoms. The van der Waals surface area contributed by atoms with Crippen LogP contribution in [0.5, 0.6) is 5.88 Å². The second kappa shape index (κ2) is 7.96. The Kier molecular flexibility index (Phi) is 5.73. The number of nitrogens with zero attached hydrogens (tertiary/aromatic N) is 2. The molecule has 0 bridgehead atoms. The minimum absolute atomic E-state index is 0.0541. The van der Waals surface area contributed by atoms with Gasteiger partial charge in [0.2, 0.25) is 11.8 Å². The van der Waals surface area contributed by atoms with Gasteiger partial charge in [-0.1, -0.05) is 6.07 Å². The van der Waals surface area contributed by atoms with Crippen LogP contribution in [0, 0.1) is 0 Å². The lowest BCUT2D eigenvalue weighted by molar-refractivity contribution is -0.116. The van der Waals surface area contributed by atoms with Gasteiger partial charge in [-0.15, -0.1) is 0 Å². The zero-order valence-electron chi connectivity index (χ0n) is 13.9. The van der Waals surface area contributed by atoms with E-state index < -0.39 is 0 Å². The largest absolute Gasteiger partial charge is 0.481 e. The Labute approximate surface area is 140 Å². The number of anilines is 2. The Bertz CT molecular complexity index is 699. The van der Waals surface area contributed by atoms with Crippen LogP contribution in [0.15, 0.2) is 42.6 Å². The van der Waals surface area contributed by atoms with Crippen molar-refractivity contribution < 1.29 is 14.3 Å². The van der Waals surface area contributed by atoms with Gasteiger partial charge in [-0.05, 0) is 29.8 Å². The lowest BCUT2D eigenvalue weighted by Crippen LogP contribution is -2.28. The fourth-order valence-electron chi connectivity index (χ4n) is 1.94. The molecular weight excluding hydrogens is 308 g/mol. The molecule has 1 heterocycles. The van der Waals surface area contributed by atoms with E-state index in [4.69, 9.17) is 4.74 Å². The van der Waals surface area contributed by atoms with Gasteiger partial charge in [0.25, 0.3) is 0 Å². The molecule has 126 valence electrons. The molecule has 2 N–H and O–H groups in total. The highest BCUT2D eigenvalue weighted by Crippen LogP contribution is 2.16. The number of hydrogen-bond acceptors (Lipinski definition) is 4. The first-order valence-electron chi connectivity index (χ1n) is 7.37. The molecule has 0 radical (unpaired) electrons. The molecule has 7 heteroatoms. The average molecular weight is 328 g/mol. The Balaban J connectivity index is 1.86. The summed E-state index contributed by atoms with van der Waals surface area (Å²) in [6, 6.07) is 10.3. The van der Waals surface area contributed by atoms with Gasteiger partial charge < -0.3 is 20.3 Å². The summed E-state index contributed by atoms with van der Waals surface area (Å²) in [6.45, 7) is 1.85. The predicted octanol–water partition coefficient (Wildman–Crippen LogP) is 2.39. The summed E-state index contributed by atoms with van der Waals surface area (Å²) in [5.74, 6) is 0.473. The van der Waals surface area contributed by atoms with Crippen molar-refractivity contribution in [3.05, 3.63) is 48.2 Å².